The van der Waals surface area contributed by atoms with Gasteiger partial charge in [0.05, 0.1) is 32.1 Å². The number of nitrogens with one attached hydrogen (secondary N) is 1. The predicted octanol–water partition coefficient (Wildman–Crippen LogP) is 3.61. The van der Waals surface area contributed by atoms with Crippen LogP contribution in [0.2, 0.25) is 0 Å². The van der Waals surface area contributed by atoms with Crippen molar-refractivity contribution < 1.29 is 18.7 Å². The summed E-state index contributed by atoms with van der Waals surface area (Å²) in [5, 5.41) is 11.6. The molecule has 1 aliphatic heterocycles. The van der Waals surface area contributed by atoms with Crippen LogP contribution in [0.25, 0.3) is 11.5 Å². The molecule has 4 rings (SSSR count). The number of rotatable bonds is 6. The van der Waals surface area contributed by atoms with E-state index in [1.807, 2.05) is 24.3 Å². The van der Waals surface area contributed by atoms with Gasteiger partial charge in [0.1, 0.15) is 17.2 Å². The van der Waals surface area contributed by atoms with E-state index in [0.717, 1.165) is 25.2 Å². The highest BCUT2D eigenvalue weighted by Crippen LogP contribution is 2.30. The zero-order valence-corrected chi connectivity index (χ0v) is 17.0. The molecule has 0 saturated carbocycles. The van der Waals surface area contributed by atoms with Crippen molar-refractivity contribution >= 4 is 17.4 Å². The van der Waals surface area contributed by atoms with Crippen molar-refractivity contribution in [3.8, 4) is 23.0 Å². The highest BCUT2D eigenvalue weighted by atomic mass is 16.5. The van der Waals surface area contributed by atoms with Crippen LogP contribution in [0, 0.1) is 5.92 Å². The first-order valence-electron chi connectivity index (χ1n) is 9.83. The Kier molecular flexibility index (Phi) is 5.83. The summed E-state index contributed by atoms with van der Waals surface area (Å²) in [4.78, 5) is 15.0. The third kappa shape index (κ3) is 4.22. The number of aromatic nitrogens is 2. The number of methoxy groups -OCH3 is 2. The first-order valence-corrected chi connectivity index (χ1v) is 9.83. The van der Waals surface area contributed by atoms with E-state index in [1.54, 1.807) is 38.7 Å². The molecule has 0 spiro atoms. The Balaban J connectivity index is 1.44. The lowest BCUT2D eigenvalue weighted by atomic mass is 9.97. The van der Waals surface area contributed by atoms with Crippen LogP contribution in [-0.4, -0.2) is 43.4 Å². The average molecular weight is 408 g/mol. The third-order valence-electron chi connectivity index (χ3n) is 5.20. The monoisotopic (exact) mass is 408 g/mol. The second-order valence-corrected chi connectivity index (χ2v) is 7.09. The van der Waals surface area contributed by atoms with Crippen LogP contribution in [0.15, 0.2) is 53.1 Å². The van der Waals surface area contributed by atoms with Gasteiger partial charge in [0, 0.05) is 19.2 Å². The topological polar surface area (TPSA) is 89.7 Å². The summed E-state index contributed by atoms with van der Waals surface area (Å²) in [6.07, 6.45) is 3.32. The molecule has 1 atom stereocenters. The van der Waals surface area contributed by atoms with E-state index in [9.17, 15) is 4.79 Å². The lowest BCUT2D eigenvalue weighted by molar-refractivity contribution is -0.120. The molecule has 1 saturated heterocycles. The van der Waals surface area contributed by atoms with Gasteiger partial charge in [0.2, 0.25) is 5.91 Å². The summed E-state index contributed by atoms with van der Waals surface area (Å²) < 4.78 is 16.0. The molecule has 8 heteroatoms. The number of ether oxygens (including phenoxy) is 2. The Morgan fingerprint density at radius 2 is 2.07 bits per heavy atom. The summed E-state index contributed by atoms with van der Waals surface area (Å²) in [7, 11) is 3.16. The number of furan rings is 1. The quantitative estimate of drug-likeness (QED) is 0.666. The van der Waals surface area contributed by atoms with Crippen LogP contribution in [0.3, 0.4) is 0 Å². The number of anilines is 2. The molecule has 1 fully saturated rings. The molecule has 1 aliphatic rings. The van der Waals surface area contributed by atoms with Gasteiger partial charge < -0.3 is 24.1 Å². The average Bonchev–Trinajstić information content (AvgIpc) is 3.34. The number of hydrogen-bond donors (Lipinski definition) is 1. The van der Waals surface area contributed by atoms with Crippen molar-refractivity contribution in [1.82, 2.24) is 10.2 Å². The molecule has 1 unspecified atom stereocenters. The van der Waals surface area contributed by atoms with Crippen LogP contribution in [0.4, 0.5) is 11.5 Å². The summed E-state index contributed by atoms with van der Waals surface area (Å²) in [6, 6.07) is 12.8. The van der Waals surface area contributed by atoms with Crippen molar-refractivity contribution in [3.05, 3.63) is 48.7 Å². The van der Waals surface area contributed by atoms with Gasteiger partial charge in [0.15, 0.2) is 11.6 Å². The van der Waals surface area contributed by atoms with E-state index in [0.29, 0.717) is 35.2 Å². The highest BCUT2D eigenvalue weighted by molar-refractivity contribution is 5.94. The van der Waals surface area contributed by atoms with Gasteiger partial charge in [-0.25, -0.2) is 0 Å². The molecule has 0 aliphatic carbocycles. The van der Waals surface area contributed by atoms with Gasteiger partial charge in [-0.15, -0.1) is 10.2 Å². The molecule has 0 bridgehead atoms. The number of piperidine rings is 1. The Bertz CT molecular complexity index is 989. The SMILES string of the molecule is COc1ccc(OC)c(NC(=O)C2CCCN(c3ccc(-c4ccco4)nn3)C2)c1. The summed E-state index contributed by atoms with van der Waals surface area (Å²) in [6.45, 7) is 1.41. The van der Waals surface area contributed by atoms with E-state index in [-0.39, 0.29) is 11.8 Å². The summed E-state index contributed by atoms with van der Waals surface area (Å²) in [5.74, 6) is 2.46. The van der Waals surface area contributed by atoms with Gasteiger partial charge in [-0.2, -0.15) is 0 Å². The minimum absolute atomic E-state index is 0.0496. The maximum absolute atomic E-state index is 12.9. The van der Waals surface area contributed by atoms with E-state index >= 15 is 0 Å². The maximum atomic E-state index is 12.9. The molecule has 0 radical (unpaired) electrons. The van der Waals surface area contributed by atoms with Gasteiger partial charge in [-0.3, -0.25) is 4.79 Å². The minimum atomic E-state index is -0.166. The lowest BCUT2D eigenvalue weighted by Crippen LogP contribution is -2.41. The van der Waals surface area contributed by atoms with E-state index in [2.05, 4.69) is 20.4 Å². The maximum Gasteiger partial charge on any atom is 0.229 e. The zero-order valence-electron chi connectivity index (χ0n) is 17.0. The molecular formula is C22H24N4O4. The van der Waals surface area contributed by atoms with E-state index < -0.39 is 0 Å². The van der Waals surface area contributed by atoms with Crippen molar-refractivity contribution in [3.63, 3.8) is 0 Å². The minimum Gasteiger partial charge on any atom is -0.497 e. The van der Waals surface area contributed by atoms with Crippen molar-refractivity contribution in [2.75, 3.05) is 37.5 Å². The number of carbonyl (C=O) groups is 1. The molecule has 156 valence electrons. The lowest BCUT2D eigenvalue weighted by Gasteiger charge is -2.32. The molecular weight excluding hydrogens is 384 g/mol. The molecule has 1 N–H and O–H groups in total. The largest absolute Gasteiger partial charge is 0.497 e. The Morgan fingerprint density at radius 1 is 1.17 bits per heavy atom. The highest BCUT2D eigenvalue weighted by Gasteiger charge is 2.27. The van der Waals surface area contributed by atoms with Crippen molar-refractivity contribution in [2.24, 2.45) is 5.92 Å². The predicted molar refractivity (Wildman–Crippen MR) is 113 cm³/mol. The van der Waals surface area contributed by atoms with E-state index in [1.165, 1.54) is 0 Å². The second-order valence-electron chi connectivity index (χ2n) is 7.09. The Labute approximate surface area is 174 Å². The first kappa shape index (κ1) is 19.8. The van der Waals surface area contributed by atoms with Crippen molar-refractivity contribution in [1.29, 1.82) is 0 Å². The van der Waals surface area contributed by atoms with Gasteiger partial charge in [0.25, 0.3) is 0 Å². The third-order valence-corrected chi connectivity index (χ3v) is 5.20. The molecule has 30 heavy (non-hydrogen) atoms. The van der Waals surface area contributed by atoms with Crippen LogP contribution in [0.1, 0.15) is 12.8 Å². The number of amides is 1. The molecule has 3 aromatic rings. The molecule has 1 aromatic carbocycles. The van der Waals surface area contributed by atoms with Gasteiger partial charge >= 0.3 is 0 Å². The van der Waals surface area contributed by atoms with Crippen LogP contribution in [0.5, 0.6) is 11.5 Å². The molecule has 3 heterocycles. The van der Waals surface area contributed by atoms with Gasteiger partial charge in [-0.1, -0.05) is 0 Å². The fourth-order valence-corrected chi connectivity index (χ4v) is 3.60. The second kappa shape index (κ2) is 8.86. The number of nitrogens with zero attached hydrogens (tertiary/aromatic N) is 3. The zero-order chi connectivity index (χ0) is 20.9. The van der Waals surface area contributed by atoms with Crippen LogP contribution >= 0.6 is 0 Å². The number of carbonyl (C=O) groups excluding carboxylic acids is 1. The number of hydrogen-bond acceptors (Lipinski definition) is 7. The Morgan fingerprint density at radius 3 is 2.77 bits per heavy atom. The molecule has 2 aromatic heterocycles. The molecule has 8 nitrogen and oxygen atoms in total. The Hall–Kier alpha value is -3.55. The summed E-state index contributed by atoms with van der Waals surface area (Å²) in [5.41, 5.74) is 1.28. The fraction of sp³-hybridized carbons (Fsp3) is 0.318. The van der Waals surface area contributed by atoms with Crippen LogP contribution < -0.4 is 19.7 Å². The smallest absolute Gasteiger partial charge is 0.229 e. The normalized spacial score (nSPS) is 16.2. The molecule has 1 amide bonds. The van der Waals surface area contributed by atoms with E-state index in [4.69, 9.17) is 13.9 Å². The standard InChI is InChI=1S/C22H24N4O4/c1-28-16-7-9-19(29-2)18(13-16)23-22(27)15-5-3-11-26(14-15)21-10-8-17(24-25-21)20-6-4-12-30-20/h4,6-10,12-13,15H,3,5,11,14H2,1-2H3,(H,23,27). The fourth-order valence-electron chi connectivity index (χ4n) is 3.60. The van der Waals surface area contributed by atoms with Gasteiger partial charge in [-0.05, 0) is 49.2 Å². The van der Waals surface area contributed by atoms with Crippen LogP contribution in [-0.2, 0) is 4.79 Å². The number of benzene rings is 1. The van der Waals surface area contributed by atoms with Crippen molar-refractivity contribution in [2.45, 2.75) is 12.8 Å². The first-order chi connectivity index (χ1) is 14.7. The summed E-state index contributed by atoms with van der Waals surface area (Å²) >= 11 is 0.